The molecule has 0 fully saturated rings. The van der Waals surface area contributed by atoms with Crippen LogP contribution in [0.1, 0.15) is 6.92 Å². The predicted molar refractivity (Wildman–Crippen MR) is 64.8 cm³/mol. The van der Waals surface area contributed by atoms with Crippen molar-refractivity contribution in [2.45, 2.75) is 6.92 Å². The van der Waals surface area contributed by atoms with Crippen molar-refractivity contribution in [3.05, 3.63) is 29.8 Å². The monoisotopic (exact) mass is 272 g/mol. The maximum absolute atomic E-state index is 12.9. The number of aliphatic carboxylic acids is 1. The molecule has 0 aliphatic rings. The number of nitrogens with zero attached hydrogens (tertiary/aromatic N) is 1. The van der Waals surface area contributed by atoms with Gasteiger partial charge in [-0.05, 0) is 12.1 Å². The quantitative estimate of drug-likeness (QED) is 0.882. The van der Waals surface area contributed by atoms with Gasteiger partial charge in [0.1, 0.15) is 11.6 Å². The average molecular weight is 272 g/mol. The second-order valence-corrected chi connectivity index (χ2v) is 4.21. The summed E-state index contributed by atoms with van der Waals surface area (Å²) in [6.07, 6.45) is 0. The minimum atomic E-state index is -1.03. The van der Waals surface area contributed by atoms with Crippen LogP contribution < -0.4 is 5.32 Å². The van der Waals surface area contributed by atoms with E-state index in [9.17, 15) is 18.4 Å². The van der Waals surface area contributed by atoms with Gasteiger partial charge < -0.3 is 15.3 Å². The largest absolute Gasteiger partial charge is 0.481 e. The standard InChI is InChI=1S/C12H14F2N2O3/c1-7(11(17)18)6-16(2)12(19)15-10-4-8(13)3-9(14)5-10/h3-5,7H,6H2,1-2H3,(H,15,19)(H,17,18). The fraction of sp³-hybridized carbons (Fsp3) is 0.333. The summed E-state index contributed by atoms with van der Waals surface area (Å²) in [6.45, 7) is 1.44. The van der Waals surface area contributed by atoms with E-state index in [2.05, 4.69) is 5.32 Å². The van der Waals surface area contributed by atoms with Crippen LogP contribution in [-0.2, 0) is 4.79 Å². The summed E-state index contributed by atoms with van der Waals surface area (Å²) < 4.78 is 25.8. The first-order valence-electron chi connectivity index (χ1n) is 5.50. The fourth-order valence-electron chi connectivity index (χ4n) is 1.42. The van der Waals surface area contributed by atoms with Crippen molar-refractivity contribution in [1.82, 2.24) is 4.90 Å². The molecular formula is C12H14F2N2O3. The van der Waals surface area contributed by atoms with Crippen molar-refractivity contribution < 1.29 is 23.5 Å². The van der Waals surface area contributed by atoms with Gasteiger partial charge in [-0.1, -0.05) is 6.92 Å². The molecule has 0 aliphatic carbocycles. The second kappa shape index (κ2) is 6.12. The molecule has 0 aliphatic heterocycles. The van der Waals surface area contributed by atoms with Crippen LogP contribution in [0.3, 0.4) is 0 Å². The van der Waals surface area contributed by atoms with Crippen molar-refractivity contribution in [3.8, 4) is 0 Å². The van der Waals surface area contributed by atoms with E-state index in [1.165, 1.54) is 14.0 Å². The summed E-state index contributed by atoms with van der Waals surface area (Å²) in [7, 11) is 1.39. The lowest BCUT2D eigenvalue weighted by Crippen LogP contribution is -2.36. The van der Waals surface area contributed by atoms with Gasteiger partial charge in [0.2, 0.25) is 0 Å². The molecule has 104 valence electrons. The number of carbonyl (C=O) groups is 2. The summed E-state index contributed by atoms with van der Waals surface area (Å²) in [5.41, 5.74) is -0.0303. The van der Waals surface area contributed by atoms with Crippen molar-refractivity contribution in [2.24, 2.45) is 5.92 Å². The van der Waals surface area contributed by atoms with Gasteiger partial charge in [-0.25, -0.2) is 13.6 Å². The fourth-order valence-corrected chi connectivity index (χ4v) is 1.42. The molecule has 1 unspecified atom stereocenters. The van der Waals surface area contributed by atoms with Crippen molar-refractivity contribution in [3.63, 3.8) is 0 Å². The first-order chi connectivity index (χ1) is 8.79. The van der Waals surface area contributed by atoms with E-state index >= 15 is 0 Å². The molecule has 1 aromatic rings. The van der Waals surface area contributed by atoms with E-state index in [1.54, 1.807) is 0 Å². The van der Waals surface area contributed by atoms with Gasteiger partial charge in [0.15, 0.2) is 0 Å². The van der Waals surface area contributed by atoms with E-state index in [0.717, 1.165) is 17.0 Å². The van der Waals surface area contributed by atoms with Crippen LogP contribution in [-0.4, -0.2) is 35.6 Å². The number of nitrogens with one attached hydrogen (secondary N) is 1. The molecule has 5 nitrogen and oxygen atoms in total. The number of carbonyl (C=O) groups excluding carboxylic acids is 1. The summed E-state index contributed by atoms with van der Waals surface area (Å²) in [5, 5.41) is 11.0. The van der Waals surface area contributed by atoms with Gasteiger partial charge in [0.25, 0.3) is 0 Å². The molecule has 0 spiro atoms. The molecule has 2 amide bonds. The number of rotatable bonds is 4. The van der Waals surface area contributed by atoms with Gasteiger partial charge in [0, 0.05) is 25.3 Å². The summed E-state index contributed by atoms with van der Waals surface area (Å²) >= 11 is 0. The van der Waals surface area contributed by atoms with Crippen LogP contribution in [0.5, 0.6) is 0 Å². The summed E-state index contributed by atoms with van der Waals surface area (Å²) in [6, 6.07) is 1.98. The second-order valence-electron chi connectivity index (χ2n) is 4.21. The van der Waals surface area contributed by atoms with Crippen LogP contribution in [0.4, 0.5) is 19.3 Å². The number of halogens is 2. The molecule has 1 atom stereocenters. The Bertz CT molecular complexity index is 474. The first-order valence-corrected chi connectivity index (χ1v) is 5.50. The molecular weight excluding hydrogens is 258 g/mol. The zero-order valence-corrected chi connectivity index (χ0v) is 10.5. The Morgan fingerprint density at radius 3 is 2.32 bits per heavy atom. The number of carboxylic acid groups (broad SMARTS) is 1. The molecule has 1 rings (SSSR count). The highest BCUT2D eigenvalue weighted by molar-refractivity contribution is 5.89. The number of hydrogen-bond acceptors (Lipinski definition) is 2. The van der Waals surface area contributed by atoms with Gasteiger partial charge in [-0.3, -0.25) is 4.79 Å². The molecule has 0 bridgehead atoms. The Balaban J connectivity index is 2.66. The highest BCUT2D eigenvalue weighted by Gasteiger charge is 2.17. The van der Waals surface area contributed by atoms with E-state index in [1.807, 2.05) is 0 Å². The van der Waals surface area contributed by atoms with Crippen LogP contribution in [0.25, 0.3) is 0 Å². The zero-order chi connectivity index (χ0) is 14.6. The normalized spacial score (nSPS) is 11.8. The highest BCUT2D eigenvalue weighted by atomic mass is 19.1. The van der Waals surface area contributed by atoms with Crippen molar-refractivity contribution >= 4 is 17.7 Å². The molecule has 19 heavy (non-hydrogen) atoms. The predicted octanol–water partition coefficient (Wildman–Crippen LogP) is 2.15. The Morgan fingerprint density at radius 2 is 1.84 bits per heavy atom. The third-order valence-electron chi connectivity index (χ3n) is 2.43. The number of hydrogen-bond donors (Lipinski definition) is 2. The molecule has 0 heterocycles. The first kappa shape index (κ1) is 14.9. The molecule has 7 heteroatoms. The van der Waals surface area contributed by atoms with Crippen molar-refractivity contribution in [1.29, 1.82) is 0 Å². The number of carboxylic acids is 1. The van der Waals surface area contributed by atoms with Gasteiger partial charge in [0.05, 0.1) is 5.92 Å². The van der Waals surface area contributed by atoms with E-state index in [4.69, 9.17) is 5.11 Å². The number of amides is 2. The smallest absolute Gasteiger partial charge is 0.321 e. The Morgan fingerprint density at radius 1 is 1.32 bits per heavy atom. The molecule has 0 saturated carbocycles. The lowest BCUT2D eigenvalue weighted by atomic mass is 10.2. The Labute approximate surface area is 108 Å². The molecule has 0 saturated heterocycles. The minimum Gasteiger partial charge on any atom is -0.481 e. The highest BCUT2D eigenvalue weighted by Crippen LogP contribution is 2.13. The van der Waals surface area contributed by atoms with Crippen molar-refractivity contribution in [2.75, 3.05) is 18.9 Å². The lowest BCUT2D eigenvalue weighted by Gasteiger charge is -2.20. The Kier molecular flexibility index (Phi) is 4.80. The molecule has 2 N–H and O–H groups in total. The molecule has 0 radical (unpaired) electrons. The van der Waals surface area contributed by atoms with Crippen LogP contribution in [0.2, 0.25) is 0 Å². The Hall–Kier alpha value is -2.18. The van der Waals surface area contributed by atoms with E-state index in [0.29, 0.717) is 6.07 Å². The van der Waals surface area contributed by atoms with E-state index in [-0.39, 0.29) is 12.2 Å². The number of anilines is 1. The number of urea groups is 1. The minimum absolute atomic E-state index is 0.0149. The zero-order valence-electron chi connectivity index (χ0n) is 10.5. The topological polar surface area (TPSA) is 69.6 Å². The lowest BCUT2D eigenvalue weighted by molar-refractivity contribution is -0.141. The summed E-state index contributed by atoms with van der Waals surface area (Å²) in [4.78, 5) is 23.4. The van der Waals surface area contributed by atoms with Gasteiger partial charge in [-0.2, -0.15) is 0 Å². The molecule has 0 aromatic heterocycles. The van der Waals surface area contributed by atoms with Gasteiger partial charge in [-0.15, -0.1) is 0 Å². The van der Waals surface area contributed by atoms with E-state index < -0.39 is 29.6 Å². The number of benzene rings is 1. The third kappa shape index (κ3) is 4.53. The maximum atomic E-state index is 12.9. The van der Waals surface area contributed by atoms with Gasteiger partial charge >= 0.3 is 12.0 Å². The third-order valence-corrected chi connectivity index (χ3v) is 2.43. The van der Waals surface area contributed by atoms with Crippen LogP contribution in [0, 0.1) is 17.6 Å². The SMILES string of the molecule is CC(CN(C)C(=O)Nc1cc(F)cc(F)c1)C(=O)O. The average Bonchev–Trinajstić information content (AvgIpc) is 2.26. The molecule has 1 aromatic carbocycles. The van der Waals surface area contributed by atoms with Crippen LogP contribution >= 0.6 is 0 Å². The summed E-state index contributed by atoms with van der Waals surface area (Å²) in [5.74, 6) is -3.38. The maximum Gasteiger partial charge on any atom is 0.321 e. The van der Waals surface area contributed by atoms with Crippen LogP contribution in [0.15, 0.2) is 18.2 Å².